The van der Waals surface area contributed by atoms with Gasteiger partial charge in [0.1, 0.15) is 36.3 Å². The Kier molecular flexibility index (Phi) is 11.9. The monoisotopic (exact) mass is 645 g/mol. The van der Waals surface area contributed by atoms with Crippen molar-refractivity contribution in [1.29, 1.82) is 0 Å². The van der Waals surface area contributed by atoms with Crippen molar-refractivity contribution in [1.82, 2.24) is 34.3 Å². The summed E-state index contributed by atoms with van der Waals surface area (Å²) in [5, 5.41) is 14.8. The van der Waals surface area contributed by atoms with Crippen molar-refractivity contribution in [3.63, 3.8) is 0 Å². The van der Waals surface area contributed by atoms with E-state index < -0.39 is 5.97 Å². The molecule has 0 saturated carbocycles. The zero-order valence-electron chi connectivity index (χ0n) is 25.1. The van der Waals surface area contributed by atoms with Crippen molar-refractivity contribution in [2.45, 2.75) is 12.8 Å². The molecule has 15 heteroatoms. The number of hydrogen-bond donors (Lipinski definition) is 3. The Morgan fingerprint density at radius 1 is 0.771 bits per heavy atom. The van der Waals surface area contributed by atoms with Crippen LogP contribution in [0.15, 0.2) is 109 Å². The number of nitrogens with one attached hydrogen (secondary N) is 1. The molecular weight excluding hydrogens is 618 g/mol. The minimum absolute atomic E-state index is 0.164. The van der Waals surface area contributed by atoms with E-state index in [0.717, 1.165) is 32.4 Å². The number of anilines is 2. The lowest BCUT2D eigenvalue weighted by molar-refractivity contribution is -0.138. The van der Waals surface area contributed by atoms with E-state index in [0.29, 0.717) is 29.9 Å². The lowest BCUT2D eigenvalue weighted by Crippen LogP contribution is -2.12. The van der Waals surface area contributed by atoms with E-state index >= 15 is 0 Å². The summed E-state index contributed by atoms with van der Waals surface area (Å²) < 4.78 is 1.82. The molecule has 0 spiro atoms. The molecule has 0 bridgehead atoms. The first-order chi connectivity index (χ1) is 23.3. The first kappa shape index (κ1) is 33.9. The fourth-order valence-electron chi connectivity index (χ4n) is 4.11. The Labute approximate surface area is 271 Å². The van der Waals surface area contributed by atoms with Gasteiger partial charge < -0.3 is 30.1 Å². The number of carboxylic acids is 1. The van der Waals surface area contributed by atoms with Crippen molar-refractivity contribution in [3.05, 3.63) is 115 Å². The maximum absolute atomic E-state index is 11.3. The summed E-state index contributed by atoms with van der Waals surface area (Å²) in [6, 6.07) is 14.4. The second kappa shape index (κ2) is 16.9. The van der Waals surface area contributed by atoms with Crippen LogP contribution in [0.2, 0.25) is 0 Å². The molecule has 0 radical (unpaired) electrons. The summed E-state index contributed by atoms with van der Waals surface area (Å²) in [7, 11) is 0. The van der Waals surface area contributed by atoms with Crippen LogP contribution in [0.5, 0.6) is 0 Å². The van der Waals surface area contributed by atoms with Gasteiger partial charge in [-0.05, 0) is 42.5 Å². The normalized spacial score (nSPS) is 10.0. The fourth-order valence-corrected chi connectivity index (χ4v) is 4.11. The van der Waals surface area contributed by atoms with Crippen LogP contribution < -0.4 is 16.6 Å². The molecular formula is C33H27N9O6. The number of nitrogens with two attached hydrogens (primary N) is 1. The molecule has 4 N–H and O–H groups in total. The largest absolute Gasteiger partial charge is 0.481 e. The van der Waals surface area contributed by atoms with Gasteiger partial charge >= 0.3 is 5.97 Å². The molecule has 0 atom stereocenters. The highest BCUT2D eigenvalue weighted by Gasteiger charge is 2.06. The van der Waals surface area contributed by atoms with Gasteiger partial charge in [-0.1, -0.05) is 0 Å². The number of hydrogen-bond acceptors (Lipinski definition) is 12. The number of pyridine rings is 6. The third-order valence-corrected chi connectivity index (χ3v) is 6.26. The third-order valence-electron chi connectivity index (χ3n) is 6.26. The molecule has 240 valence electrons. The number of rotatable bonds is 5. The minimum atomic E-state index is -1.08. The number of carbonyl (C=O) groups is 4. The average molecular weight is 646 g/mol. The Morgan fingerprint density at radius 2 is 1.46 bits per heavy atom. The highest BCUT2D eigenvalue weighted by atomic mass is 16.4. The fraction of sp³-hybridized carbons (Fsp3) is 0.0606. The molecule has 1 amide bonds. The second-order valence-corrected chi connectivity index (χ2v) is 9.48. The molecule has 0 aliphatic carbocycles. The third kappa shape index (κ3) is 9.24. The summed E-state index contributed by atoms with van der Waals surface area (Å²) in [6.07, 6.45) is 15.7. The van der Waals surface area contributed by atoms with Gasteiger partial charge in [0.15, 0.2) is 0 Å². The molecule has 7 aromatic rings. The van der Waals surface area contributed by atoms with Crippen LogP contribution in [0.1, 0.15) is 12.8 Å². The van der Waals surface area contributed by atoms with Gasteiger partial charge in [0.05, 0.1) is 11.9 Å². The number of carbonyl (C=O) groups excluding carboxylic acids is 3. The molecule has 48 heavy (non-hydrogen) atoms. The van der Waals surface area contributed by atoms with Crippen LogP contribution in [0.25, 0.3) is 38.1 Å². The number of amides is 1. The maximum Gasteiger partial charge on any atom is 0.310 e. The number of aliphatic carboxylic acids is 1. The Hall–Kier alpha value is -7.03. The molecule has 7 aromatic heterocycles. The maximum atomic E-state index is 11.3. The second-order valence-electron chi connectivity index (χ2n) is 9.48. The van der Waals surface area contributed by atoms with Gasteiger partial charge in [-0.3, -0.25) is 29.3 Å². The quantitative estimate of drug-likeness (QED) is 0.139. The number of nitrogens with zero attached hydrogens (tertiary/aromatic N) is 7. The predicted octanol–water partition coefficient (Wildman–Crippen LogP) is 3.27. The standard InChI is InChI=1S/C11H9N3O2.C11H7N3O.C8H7N3.C3H4O3/c15-6-3-10(16)14-11-9-2-4-12-7-8(9)1-5-13-11;15-10-3-6-14-5-2-8-7-12-4-1-9(8)11(14)13-10;9-8-6-2-1-4-10-7(6)3-5-11-8;4-2-1-3(5)6/h1-2,4-7H,3H2,(H,13,14,16);1-7H;1-5H,(H2,9,11);2H,1H2,(H,5,6). The lowest BCUT2D eigenvalue weighted by atomic mass is 10.2. The summed E-state index contributed by atoms with van der Waals surface area (Å²) >= 11 is 0. The van der Waals surface area contributed by atoms with Gasteiger partial charge in [-0.15, -0.1) is 0 Å². The Morgan fingerprint density at radius 3 is 2.15 bits per heavy atom. The summed E-state index contributed by atoms with van der Waals surface area (Å²) in [4.78, 5) is 75.3. The number of fused-ring (bicyclic) bond motifs is 5. The number of aldehydes is 2. The van der Waals surface area contributed by atoms with Crippen molar-refractivity contribution < 1.29 is 24.3 Å². The summed E-state index contributed by atoms with van der Waals surface area (Å²) in [5.41, 5.74) is 6.94. The van der Waals surface area contributed by atoms with Crippen LogP contribution in [0, 0.1) is 0 Å². The lowest BCUT2D eigenvalue weighted by Gasteiger charge is -2.05. The first-order valence-electron chi connectivity index (χ1n) is 14.0. The molecule has 15 nitrogen and oxygen atoms in total. The van der Waals surface area contributed by atoms with Crippen molar-refractivity contribution in [2.24, 2.45) is 0 Å². The zero-order chi connectivity index (χ0) is 34.3. The van der Waals surface area contributed by atoms with Gasteiger partial charge in [0.25, 0.3) is 5.56 Å². The van der Waals surface area contributed by atoms with E-state index in [-0.39, 0.29) is 24.3 Å². The smallest absolute Gasteiger partial charge is 0.310 e. The van der Waals surface area contributed by atoms with Crippen LogP contribution in [0.3, 0.4) is 0 Å². The predicted molar refractivity (Wildman–Crippen MR) is 178 cm³/mol. The highest BCUT2D eigenvalue weighted by molar-refractivity contribution is 6.03. The zero-order valence-corrected chi connectivity index (χ0v) is 25.1. The van der Waals surface area contributed by atoms with Crippen molar-refractivity contribution >= 4 is 74.2 Å². The van der Waals surface area contributed by atoms with Gasteiger partial charge in [0.2, 0.25) is 5.91 Å². The van der Waals surface area contributed by atoms with E-state index in [1.807, 2.05) is 40.9 Å². The van der Waals surface area contributed by atoms with Crippen molar-refractivity contribution in [2.75, 3.05) is 11.1 Å². The van der Waals surface area contributed by atoms with Gasteiger partial charge in [-0.25, -0.2) is 9.97 Å². The van der Waals surface area contributed by atoms with Crippen LogP contribution in [-0.2, 0) is 19.2 Å². The number of nitrogen functional groups attached to an aromatic ring is 1. The molecule has 0 unspecified atom stereocenters. The van der Waals surface area contributed by atoms with E-state index in [4.69, 9.17) is 10.8 Å². The topological polar surface area (TPSA) is 225 Å². The van der Waals surface area contributed by atoms with Crippen LogP contribution in [-0.4, -0.2) is 63.9 Å². The Balaban J connectivity index is 0.000000152. The van der Waals surface area contributed by atoms with Crippen LogP contribution >= 0.6 is 0 Å². The molecule has 0 aromatic carbocycles. The number of carboxylic acid groups (broad SMARTS) is 1. The molecule has 0 fully saturated rings. The average Bonchev–Trinajstić information content (AvgIpc) is 3.10. The summed E-state index contributed by atoms with van der Waals surface area (Å²) in [6.45, 7) is 0. The molecule has 7 heterocycles. The van der Waals surface area contributed by atoms with E-state index in [9.17, 15) is 24.0 Å². The molecule has 0 aliphatic heterocycles. The minimum Gasteiger partial charge on any atom is -0.481 e. The van der Waals surface area contributed by atoms with Gasteiger partial charge in [0, 0.05) is 88.8 Å². The van der Waals surface area contributed by atoms with E-state index in [1.54, 1.807) is 61.7 Å². The molecule has 7 rings (SSSR count). The SMILES string of the molecule is Nc1nccc2ncccc12.O=CCC(=O)Nc1nccc2cnccc12.O=CCC(=O)O.O=c1ccn2ccc3cnccc3c2n1. The summed E-state index contributed by atoms with van der Waals surface area (Å²) in [5.74, 6) is -0.459. The van der Waals surface area contributed by atoms with E-state index in [1.165, 1.54) is 6.07 Å². The Bertz CT molecular complexity index is 2270. The molecule has 0 saturated heterocycles. The molecule has 0 aliphatic rings. The van der Waals surface area contributed by atoms with Crippen molar-refractivity contribution in [3.8, 4) is 0 Å². The van der Waals surface area contributed by atoms with Crippen LogP contribution in [0.4, 0.5) is 11.6 Å². The van der Waals surface area contributed by atoms with E-state index in [2.05, 4.69) is 35.2 Å². The highest BCUT2D eigenvalue weighted by Crippen LogP contribution is 2.19. The van der Waals surface area contributed by atoms with Gasteiger partial charge in [-0.2, -0.15) is 4.98 Å². The number of aromatic nitrogens is 7. The first-order valence-corrected chi connectivity index (χ1v) is 14.0.